The number of amides is 2. The quantitative estimate of drug-likeness (QED) is 0.200. The third-order valence-electron chi connectivity index (χ3n) is 5.96. The highest BCUT2D eigenvalue weighted by Gasteiger charge is 2.16. The summed E-state index contributed by atoms with van der Waals surface area (Å²) in [6, 6.07) is 27.7. The zero-order valence-electron chi connectivity index (χ0n) is 19.7. The minimum absolute atomic E-state index is 0.0139. The van der Waals surface area contributed by atoms with Gasteiger partial charge in [0, 0.05) is 40.0 Å². The lowest BCUT2D eigenvalue weighted by molar-refractivity contribution is -0.384. The van der Waals surface area contributed by atoms with Crippen LogP contribution in [-0.2, 0) is 0 Å². The van der Waals surface area contributed by atoms with Gasteiger partial charge in [-0.2, -0.15) is 0 Å². The molecule has 37 heavy (non-hydrogen) atoms. The maximum absolute atomic E-state index is 12.8. The van der Waals surface area contributed by atoms with Gasteiger partial charge in [0.2, 0.25) is 0 Å². The average molecular weight is 492 g/mol. The number of fused-ring (bicyclic) bond motifs is 1. The molecule has 0 saturated carbocycles. The lowest BCUT2D eigenvalue weighted by Crippen LogP contribution is -2.13. The van der Waals surface area contributed by atoms with E-state index in [1.807, 2.05) is 42.5 Å². The fourth-order valence-electron chi connectivity index (χ4n) is 4.07. The number of benzene rings is 4. The Hall–Kier alpha value is -5.24. The summed E-state index contributed by atoms with van der Waals surface area (Å²) >= 11 is 0. The van der Waals surface area contributed by atoms with Crippen LogP contribution in [0.2, 0.25) is 0 Å². The third kappa shape index (κ3) is 4.94. The Morgan fingerprint density at radius 3 is 2.32 bits per heavy atom. The van der Waals surface area contributed by atoms with Crippen molar-refractivity contribution in [3.8, 4) is 11.3 Å². The molecule has 0 fully saturated rings. The third-order valence-corrected chi connectivity index (χ3v) is 5.96. The normalized spacial score (nSPS) is 10.7. The molecule has 2 amide bonds. The fraction of sp³-hybridized carbons (Fsp3) is 0.0345. The van der Waals surface area contributed by atoms with E-state index in [-0.39, 0.29) is 17.4 Å². The Kier molecular flexibility index (Phi) is 6.22. The van der Waals surface area contributed by atoms with E-state index in [1.54, 1.807) is 43.3 Å². The Morgan fingerprint density at radius 1 is 0.811 bits per heavy atom. The molecule has 0 aliphatic heterocycles. The van der Waals surface area contributed by atoms with Crippen LogP contribution in [0.1, 0.15) is 26.5 Å². The van der Waals surface area contributed by atoms with Crippen LogP contribution in [0.25, 0.3) is 22.1 Å². The number of anilines is 2. The fourth-order valence-corrected chi connectivity index (χ4v) is 4.07. The standard InChI is InChI=1S/C29H21N3O5/c1-18-17-22(32(35)36)13-14-23(18)26-15-16-27(37-26)29(34)30-21-11-9-20(10-12-21)28(33)31-25-8-4-6-19-5-2-3-7-24(19)25/h2-17H,1H3,(H,30,34)(H,31,33). The lowest BCUT2D eigenvalue weighted by Gasteiger charge is -2.09. The van der Waals surface area contributed by atoms with E-state index in [4.69, 9.17) is 4.42 Å². The molecular formula is C29H21N3O5. The zero-order valence-corrected chi connectivity index (χ0v) is 19.7. The smallest absolute Gasteiger partial charge is 0.291 e. The van der Waals surface area contributed by atoms with E-state index in [0.29, 0.717) is 28.1 Å². The predicted molar refractivity (Wildman–Crippen MR) is 142 cm³/mol. The van der Waals surface area contributed by atoms with Crippen LogP contribution in [0.3, 0.4) is 0 Å². The Bertz CT molecular complexity index is 1650. The molecule has 1 heterocycles. The van der Waals surface area contributed by atoms with Crippen LogP contribution in [0.5, 0.6) is 0 Å². The molecule has 0 saturated heterocycles. The first kappa shape index (κ1) is 23.5. The van der Waals surface area contributed by atoms with Crippen LogP contribution < -0.4 is 10.6 Å². The Morgan fingerprint density at radius 2 is 1.57 bits per heavy atom. The zero-order chi connectivity index (χ0) is 25.9. The van der Waals surface area contributed by atoms with Crippen molar-refractivity contribution in [2.75, 3.05) is 10.6 Å². The van der Waals surface area contributed by atoms with Gasteiger partial charge in [-0.25, -0.2) is 0 Å². The first-order valence-electron chi connectivity index (χ1n) is 11.4. The van der Waals surface area contributed by atoms with Crippen molar-refractivity contribution in [2.24, 2.45) is 0 Å². The van der Waals surface area contributed by atoms with Crippen molar-refractivity contribution in [2.45, 2.75) is 6.92 Å². The number of carbonyl (C=O) groups is 2. The van der Waals surface area contributed by atoms with E-state index < -0.39 is 10.8 Å². The summed E-state index contributed by atoms with van der Waals surface area (Å²) in [7, 11) is 0. The minimum Gasteiger partial charge on any atom is -0.451 e. The van der Waals surface area contributed by atoms with Gasteiger partial charge in [0.1, 0.15) is 5.76 Å². The summed E-state index contributed by atoms with van der Waals surface area (Å²) in [5.41, 5.74) is 2.97. The van der Waals surface area contributed by atoms with E-state index in [9.17, 15) is 19.7 Å². The topological polar surface area (TPSA) is 114 Å². The van der Waals surface area contributed by atoms with Crippen molar-refractivity contribution >= 4 is 39.6 Å². The van der Waals surface area contributed by atoms with Crippen molar-refractivity contribution in [1.29, 1.82) is 0 Å². The Balaban J connectivity index is 1.26. The SMILES string of the molecule is Cc1cc([N+](=O)[O-])ccc1-c1ccc(C(=O)Nc2ccc(C(=O)Nc3cccc4ccccc34)cc2)o1. The van der Waals surface area contributed by atoms with Crippen LogP contribution in [0.15, 0.2) is 101 Å². The molecular weight excluding hydrogens is 470 g/mol. The van der Waals surface area contributed by atoms with Gasteiger partial charge < -0.3 is 15.1 Å². The number of rotatable bonds is 6. The summed E-state index contributed by atoms with van der Waals surface area (Å²) in [5.74, 6) is -0.203. The number of aryl methyl sites for hydroxylation is 1. The maximum atomic E-state index is 12.8. The van der Waals surface area contributed by atoms with Crippen molar-refractivity contribution in [3.63, 3.8) is 0 Å². The first-order valence-corrected chi connectivity index (χ1v) is 11.4. The second-order valence-electron chi connectivity index (χ2n) is 8.43. The molecule has 5 rings (SSSR count). The molecule has 0 radical (unpaired) electrons. The van der Waals surface area contributed by atoms with Gasteiger partial charge in [0.05, 0.1) is 4.92 Å². The van der Waals surface area contributed by atoms with Crippen LogP contribution in [0, 0.1) is 17.0 Å². The molecule has 0 atom stereocenters. The van der Waals surface area contributed by atoms with E-state index in [1.165, 1.54) is 18.2 Å². The van der Waals surface area contributed by atoms with E-state index in [2.05, 4.69) is 10.6 Å². The average Bonchev–Trinajstić information content (AvgIpc) is 3.39. The largest absolute Gasteiger partial charge is 0.451 e. The summed E-state index contributed by atoms with van der Waals surface area (Å²) in [6.45, 7) is 1.74. The molecule has 0 unspecified atom stereocenters. The van der Waals surface area contributed by atoms with Gasteiger partial charge in [-0.1, -0.05) is 36.4 Å². The second-order valence-corrected chi connectivity index (χ2v) is 8.43. The lowest BCUT2D eigenvalue weighted by atomic mass is 10.1. The molecule has 4 aromatic carbocycles. The highest BCUT2D eigenvalue weighted by molar-refractivity contribution is 6.09. The molecule has 0 aliphatic rings. The molecule has 8 heteroatoms. The maximum Gasteiger partial charge on any atom is 0.291 e. The number of hydrogen-bond donors (Lipinski definition) is 2. The summed E-state index contributed by atoms with van der Waals surface area (Å²) in [5, 5.41) is 18.6. The summed E-state index contributed by atoms with van der Waals surface area (Å²) < 4.78 is 5.70. The highest BCUT2D eigenvalue weighted by atomic mass is 16.6. The summed E-state index contributed by atoms with van der Waals surface area (Å²) in [6.07, 6.45) is 0. The van der Waals surface area contributed by atoms with Crippen LogP contribution in [0.4, 0.5) is 17.1 Å². The van der Waals surface area contributed by atoms with Crippen LogP contribution >= 0.6 is 0 Å². The van der Waals surface area contributed by atoms with E-state index >= 15 is 0 Å². The number of hydrogen-bond acceptors (Lipinski definition) is 5. The van der Waals surface area contributed by atoms with Gasteiger partial charge in [-0.15, -0.1) is 0 Å². The number of nitrogens with one attached hydrogen (secondary N) is 2. The minimum atomic E-state index is -0.462. The van der Waals surface area contributed by atoms with E-state index in [0.717, 1.165) is 16.5 Å². The Labute approximate surface area is 211 Å². The molecule has 5 aromatic rings. The van der Waals surface area contributed by atoms with Gasteiger partial charge >= 0.3 is 0 Å². The predicted octanol–water partition coefficient (Wildman–Crippen LogP) is 6.82. The second kappa shape index (κ2) is 9.79. The molecule has 0 spiro atoms. The molecule has 0 bridgehead atoms. The molecule has 1 aromatic heterocycles. The number of nitrogens with zero attached hydrogens (tertiary/aromatic N) is 1. The monoisotopic (exact) mass is 491 g/mol. The molecule has 8 nitrogen and oxygen atoms in total. The first-order chi connectivity index (χ1) is 17.9. The van der Waals surface area contributed by atoms with Gasteiger partial charge in [0.25, 0.3) is 17.5 Å². The van der Waals surface area contributed by atoms with Gasteiger partial charge in [-0.3, -0.25) is 19.7 Å². The highest BCUT2D eigenvalue weighted by Crippen LogP contribution is 2.29. The van der Waals surface area contributed by atoms with Crippen LogP contribution in [-0.4, -0.2) is 16.7 Å². The van der Waals surface area contributed by atoms with Gasteiger partial charge in [0.15, 0.2) is 5.76 Å². The van der Waals surface area contributed by atoms with Crippen molar-refractivity contribution in [3.05, 3.63) is 124 Å². The number of nitro groups is 1. The number of carbonyl (C=O) groups excluding carboxylic acids is 2. The summed E-state index contributed by atoms with van der Waals surface area (Å²) in [4.78, 5) is 36.0. The molecule has 0 aliphatic carbocycles. The molecule has 2 N–H and O–H groups in total. The number of nitro benzene ring substituents is 1. The van der Waals surface area contributed by atoms with Crippen molar-refractivity contribution < 1.29 is 18.9 Å². The number of non-ortho nitro benzene ring substituents is 1. The van der Waals surface area contributed by atoms with Gasteiger partial charge in [-0.05, 0) is 66.4 Å². The molecule has 182 valence electrons. The van der Waals surface area contributed by atoms with Crippen molar-refractivity contribution in [1.82, 2.24) is 0 Å². The number of furan rings is 1.